The molecule has 0 N–H and O–H groups in total. The Morgan fingerprint density at radius 1 is 1.00 bits per heavy atom. The van der Waals surface area contributed by atoms with Gasteiger partial charge >= 0.3 is 0 Å². The smallest absolute Gasteiger partial charge is 0.150 e. The average molecular weight is 261 g/mol. The first-order valence-electron chi connectivity index (χ1n) is 5.93. The zero-order chi connectivity index (χ0) is 14.5. The van der Waals surface area contributed by atoms with Crippen molar-refractivity contribution in [2.75, 3.05) is 11.9 Å². The standard InChI is InChI=1S/C16H11N3O/c1-19(15-5-3-2-4-13(15)9-17)16-7-6-12(11-20)8-14(16)10-18/h2-8,11H,1H3. The fourth-order valence-electron chi connectivity index (χ4n) is 2.00. The van der Waals surface area contributed by atoms with Crippen molar-refractivity contribution in [3.05, 3.63) is 59.2 Å². The predicted octanol–water partition coefficient (Wildman–Crippen LogP) is 3.01. The molecule has 0 fully saturated rings. The number of para-hydroxylation sites is 1. The summed E-state index contributed by atoms with van der Waals surface area (Å²) in [7, 11) is 1.78. The van der Waals surface area contributed by atoms with Crippen LogP contribution in [0.1, 0.15) is 21.5 Å². The van der Waals surface area contributed by atoms with E-state index >= 15 is 0 Å². The SMILES string of the molecule is CN(c1ccccc1C#N)c1ccc(C=O)cc1C#N. The molecule has 0 aliphatic carbocycles. The van der Waals surface area contributed by atoms with Gasteiger partial charge < -0.3 is 4.90 Å². The molecule has 0 heterocycles. The van der Waals surface area contributed by atoms with Crippen molar-refractivity contribution in [3.8, 4) is 12.1 Å². The largest absolute Gasteiger partial charge is 0.342 e. The van der Waals surface area contributed by atoms with E-state index in [1.54, 1.807) is 36.2 Å². The van der Waals surface area contributed by atoms with E-state index in [1.165, 1.54) is 6.07 Å². The zero-order valence-electron chi connectivity index (χ0n) is 10.9. The van der Waals surface area contributed by atoms with Gasteiger partial charge in [-0.1, -0.05) is 12.1 Å². The molecule has 0 atom stereocenters. The van der Waals surface area contributed by atoms with Crippen molar-refractivity contribution < 1.29 is 4.79 Å². The number of aldehydes is 1. The normalized spacial score (nSPS) is 9.35. The molecule has 0 saturated heterocycles. The fraction of sp³-hybridized carbons (Fsp3) is 0.0625. The van der Waals surface area contributed by atoms with E-state index in [9.17, 15) is 10.1 Å². The van der Waals surface area contributed by atoms with Gasteiger partial charge in [-0.2, -0.15) is 10.5 Å². The molecule has 2 aromatic carbocycles. The van der Waals surface area contributed by atoms with Gasteiger partial charge in [-0.25, -0.2) is 0 Å². The highest BCUT2D eigenvalue weighted by atomic mass is 16.1. The molecular weight excluding hydrogens is 250 g/mol. The van der Waals surface area contributed by atoms with Gasteiger partial charge in [0.05, 0.1) is 22.5 Å². The van der Waals surface area contributed by atoms with Crippen LogP contribution in [0.15, 0.2) is 42.5 Å². The van der Waals surface area contributed by atoms with Gasteiger partial charge in [0.25, 0.3) is 0 Å². The summed E-state index contributed by atoms with van der Waals surface area (Å²) < 4.78 is 0. The lowest BCUT2D eigenvalue weighted by molar-refractivity contribution is 0.112. The Labute approximate surface area is 117 Å². The van der Waals surface area contributed by atoms with E-state index in [0.29, 0.717) is 34.4 Å². The molecule has 4 nitrogen and oxygen atoms in total. The van der Waals surface area contributed by atoms with Crippen LogP contribution < -0.4 is 4.90 Å². The van der Waals surface area contributed by atoms with Crippen molar-refractivity contribution in [3.63, 3.8) is 0 Å². The molecule has 0 saturated carbocycles. The lowest BCUT2D eigenvalue weighted by atomic mass is 10.1. The molecular formula is C16H11N3O. The Morgan fingerprint density at radius 2 is 1.65 bits per heavy atom. The van der Waals surface area contributed by atoms with E-state index in [4.69, 9.17) is 5.26 Å². The summed E-state index contributed by atoms with van der Waals surface area (Å²) >= 11 is 0. The summed E-state index contributed by atoms with van der Waals surface area (Å²) in [5, 5.41) is 18.3. The molecule has 0 aliphatic rings. The molecule has 0 aromatic heterocycles. The number of hydrogen-bond donors (Lipinski definition) is 0. The molecule has 0 radical (unpaired) electrons. The van der Waals surface area contributed by atoms with E-state index in [2.05, 4.69) is 12.1 Å². The monoisotopic (exact) mass is 261 g/mol. The van der Waals surface area contributed by atoms with Crippen LogP contribution in [-0.4, -0.2) is 13.3 Å². The summed E-state index contributed by atoms with van der Waals surface area (Å²) in [6.07, 6.45) is 0.702. The molecule has 2 aromatic rings. The highest BCUT2D eigenvalue weighted by Crippen LogP contribution is 2.29. The summed E-state index contributed by atoms with van der Waals surface area (Å²) in [4.78, 5) is 12.5. The van der Waals surface area contributed by atoms with Gasteiger partial charge in [-0.15, -0.1) is 0 Å². The Morgan fingerprint density at radius 3 is 2.30 bits per heavy atom. The Balaban J connectivity index is 2.54. The Bertz CT molecular complexity index is 738. The van der Waals surface area contributed by atoms with Crippen LogP contribution in [0.25, 0.3) is 0 Å². The number of rotatable bonds is 3. The van der Waals surface area contributed by atoms with E-state index < -0.39 is 0 Å². The summed E-state index contributed by atoms with van der Waals surface area (Å²) in [5.41, 5.74) is 2.74. The molecule has 4 heteroatoms. The van der Waals surface area contributed by atoms with E-state index in [-0.39, 0.29) is 0 Å². The third kappa shape index (κ3) is 2.36. The quantitative estimate of drug-likeness (QED) is 0.796. The van der Waals surface area contributed by atoms with Crippen molar-refractivity contribution in [2.45, 2.75) is 0 Å². The van der Waals surface area contributed by atoms with Crippen LogP contribution in [0, 0.1) is 22.7 Å². The zero-order valence-corrected chi connectivity index (χ0v) is 10.9. The molecule has 0 amide bonds. The minimum Gasteiger partial charge on any atom is -0.342 e. The second-order valence-electron chi connectivity index (χ2n) is 4.19. The first-order chi connectivity index (χ1) is 9.71. The number of carbonyl (C=O) groups excluding carboxylic acids is 1. The van der Waals surface area contributed by atoms with Gasteiger partial charge in [0.15, 0.2) is 0 Å². The van der Waals surface area contributed by atoms with E-state index in [0.717, 1.165) is 0 Å². The summed E-state index contributed by atoms with van der Waals surface area (Å²) in [6.45, 7) is 0. The summed E-state index contributed by atoms with van der Waals surface area (Å²) in [6, 6.07) is 16.2. The highest BCUT2D eigenvalue weighted by Gasteiger charge is 2.12. The van der Waals surface area contributed by atoms with Crippen LogP contribution in [-0.2, 0) is 0 Å². The van der Waals surface area contributed by atoms with Gasteiger partial charge in [0.1, 0.15) is 18.4 Å². The third-order valence-electron chi connectivity index (χ3n) is 3.02. The van der Waals surface area contributed by atoms with Crippen molar-refractivity contribution >= 4 is 17.7 Å². The van der Waals surface area contributed by atoms with Gasteiger partial charge in [-0.3, -0.25) is 4.79 Å². The number of nitriles is 2. The summed E-state index contributed by atoms with van der Waals surface area (Å²) in [5.74, 6) is 0. The first kappa shape index (κ1) is 13.3. The van der Waals surface area contributed by atoms with Crippen LogP contribution in [0.3, 0.4) is 0 Å². The fourth-order valence-corrected chi connectivity index (χ4v) is 2.00. The second-order valence-corrected chi connectivity index (χ2v) is 4.19. The molecule has 20 heavy (non-hydrogen) atoms. The van der Waals surface area contributed by atoms with Crippen LogP contribution >= 0.6 is 0 Å². The van der Waals surface area contributed by atoms with Gasteiger partial charge in [-0.05, 0) is 30.3 Å². The minimum atomic E-state index is 0.393. The molecule has 0 unspecified atom stereocenters. The molecule has 0 aliphatic heterocycles. The van der Waals surface area contributed by atoms with Gasteiger partial charge in [0.2, 0.25) is 0 Å². The molecule has 96 valence electrons. The minimum absolute atomic E-state index is 0.393. The number of hydrogen-bond acceptors (Lipinski definition) is 4. The average Bonchev–Trinajstić information content (AvgIpc) is 2.53. The predicted molar refractivity (Wildman–Crippen MR) is 75.8 cm³/mol. The third-order valence-corrected chi connectivity index (χ3v) is 3.02. The van der Waals surface area contributed by atoms with Crippen LogP contribution in [0.5, 0.6) is 0 Å². The topological polar surface area (TPSA) is 67.9 Å². The number of carbonyl (C=O) groups is 1. The Hall–Kier alpha value is -3.11. The lowest BCUT2D eigenvalue weighted by Gasteiger charge is -2.21. The van der Waals surface area contributed by atoms with Crippen LogP contribution in [0.4, 0.5) is 11.4 Å². The maximum atomic E-state index is 10.8. The van der Waals surface area contributed by atoms with Crippen molar-refractivity contribution in [2.24, 2.45) is 0 Å². The Kier molecular flexibility index (Phi) is 3.79. The maximum Gasteiger partial charge on any atom is 0.150 e. The van der Waals surface area contributed by atoms with E-state index in [1.807, 2.05) is 12.1 Å². The molecule has 2 rings (SSSR count). The number of benzene rings is 2. The highest BCUT2D eigenvalue weighted by molar-refractivity contribution is 5.80. The number of anilines is 2. The van der Waals surface area contributed by atoms with Crippen molar-refractivity contribution in [1.82, 2.24) is 0 Å². The lowest BCUT2D eigenvalue weighted by Crippen LogP contribution is -2.12. The second kappa shape index (κ2) is 5.69. The molecule has 0 spiro atoms. The number of nitrogens with zero attached hydrogens (tertiary/aromatic N) is 3. The van der Waals surface area contributed by atoms with Crippen LogP contribution in [0.2, 0.25) is 0 Å². The maximum absolute atomic E-state index is 10.8. The van der Waals surface area contributed by atoms with Gasteiger partial charge in [0, 0.05) is 12.6 Å². The molecule has 0 bridgehead atoms. The first-order valence-corrected chi connectivity index (χ1v) is 5.93. The van der Waals surface area contributed by atoms with Crippen molar-refractivity contribution in [1.29, 1.82) is 10.5 Å².